The summed E-state index contributed by atoms with van der Waals surface area (Å²) < 4.78 is 0. The first-order valence-electron chi connectivity index (χ1n) is 9.84. The summed E-state index contributed by atoms with van der Waals surface area (Å²) in [5, 5.41) is 3.73. The third-order valence-corrected chi connectivity index (χ3v) is 5.77. The average Bonchev–Trinajstić information content (AvgIpc) is 2.77. The zero-order chi connectivity index (χ0) is 20.9. The van der Waals surface area contributed by atoms with Crippen LogP contribution in [-0.2, 0) is 4.79 Å². The second-order valence-electron chi connectivity index (χ2n) is 7.45. The van der Waals surface area contributed by atoms with E-state index in [1.165, 1.54) is 11.3 Å². The Labute approximate surface area is 189 Å². The van der Waals surface area contributed by atoms with Gasteiger partial charge in [-0.3, -0.25) is 14.9 Å². The van der Waals surface area contributed by atoms with E-state index in [0.717, 1.165) is 25.7 Å². The van der Waals surface area contributed by atoms with Crippen LogP contribution >= 0.6 is 24.0 Å². The molecule has 1 aliphatic carbocycles. The molecule has 6 heteroatoms. The van der Waals surface area contributed by atoms with Gasteiger partial charge in [0, 0.05) is 23.2 Å². The molecule has 1 fully saturated rings. The second kappa shape index (κ2) is 10.6. The number of ketones is 1. The summed E-state index contributed by atoms with van der Waals surface area (Å²) in [7, 11) is 1.67. The van der Waals surface area contributed by atoms with Crippen LogP contribution in [0.3, 0.4) is 0 Å². The summed E-state index contributed by atoms with van der Waals surface area (Å²) in [6, 6.07) is 13.9. The van der Waals surface area contributed by atoms with Gasteiger partial charge < -0.3 is 4.90 Å². The molecule has 1 aliphatic rings. The largest absolute Gasteiger partial charge is 0.314 e. The van der Waals surface area contributed by atoms with Crippen LogP contribution in [-0.4, -0.2) is 30.8 Å². The number of likely N-dealkylation sites (N-methyl/N-ethyl adjacent to an activating group) is 1. The van der Waals surface area contributed by atoms with Crippen molar-refractivity contribution in [2.75, 3.05) is 18.5 Å². The average molecular weight is 445 g/mol. The molecule has 0 unspecified atom stereocenters. The lowest BCUT2D eigenvalue weighted by Crippen LogP contribution is -2.50. The van der Waals surface area contributed by atoms with E-state index in [4.69, 9.17) is 18.0 Å². The molecule has 0 heterocycles. The molecule has 2 aromatic carbocycles. The normalized spacial score (nSPS) is 14.8. The third-order valence-electron chi connectivity index (χ3n) is 5.54. The van der Waals surface area contributed by atoms with Crippen molar-refractivity contribution in [1.29, 1.82) is 0 Å². The predicted molar refractivity (Wildman–Crippen MR) is 125 cm³/mol. The van der Waals surface area contributed by atoms with Crippen LogP contribution in [0.5, 0.6) is 0 Å². The summed E-state index contributed by atoms with van der Waals surface area (Å²) in [4.78, 5) is 27.4. The van der Waals surface area contributed by atoms with Crippen LogP contribution in [0.2, 0.25) is 5.02 Å². The molecule has 0 bridgehead atoms. The Kier molecular flexibility index (Phi) is 8.49. The summed E-state index contributed by atoms with van der Waals surface area (Å²) in [5.74, 6) is 2.52. The lowest BCUT2D eigenvalue weighted by molar-refractivity contribution is -0.117. The first-order chi connectivity index (χ1) is 14.0. The van der Waals surface area contributed by atoms with Gasteiger partial charge in [-0.25, -0.2) is 0 Å². The summed E-state index contributed by atoms with van der Waals surface area (Å²) in [6.07, 6.45) is 10.8. The Morgan fingerprint density at radius 1 is 1.13 bits per heavy atom. The maximum absolute atomic E-state index is 13.0. The van der Waals surface area contributed by atoms with E-state index in [-0.39, 0.29) is 30.6 Å². The summed E-state index contributed by atoms with van der Waals surface area (Å²) in [5.41, 5.74) is 1.04. The number of hydrogen-bond acceptors (Lipinski definition) is 3. The number of carbonyl (C=O) groups is 2. The molecule has 158 valence electrons. The third kappa shape index (κ3) is 5.43. The number of benzene rings is 2. The zero-order valence-corrected chi connectivity index (χ0v) is 18.6. The highest BCUT2D eigenvalue weighted by Gasteiger charge is 2.30. The second-order valence-corrected chi connectivity index (χ2v) is 7.89. The number of halogens is 2. The number of anilines is 1. The highest BCUT2D eigenvalue weighted by atomic mass is 35.5. The van der Waals surface area contributed by atoms with E-state index in [2.05, 4.69) is 11.2 Å². The van der Waals surface area contributed by atoms with Crippen LogP contribution in [0, 0.1) is 12.3 Å². The Morgan fingerprint density at radius 2 is 1.80 bits per heavy atom. The van der Waals surface area contributed by atoms with Crippen molar-refractivity contribution in [1.82, 2.24) is 5.32 Å². The molecular formula is C24H26Cl2N2O2. The maximum Gasteiger partial charge on any atom is 0.240 e. The Balaban J connectivity index is 0.00000320. The molecule has 2 aromatic rings. The van der Waals surface area contributed by atoms with Gasteiger partial charge in [0.15, 0.2) is 5.78 Å². The molecule has 0 saturated heterocycles. The lowest BCUT2D eigenvalue weighted by Gasteiger charge is -2.34. The van der Waals surface area contributed by atoms with Gasteiger partial charge in [0.2, 0.25) is 5.91 Å². The predicted octanol–water partition coefficient (Wildman–Crippen LogP) is 4.88. The van der Waals surface area contributed by atoms with E-state index in [1.807, 2.05) is 6.07 Å². The molecule has 1 saturated carbocycles. The van der Waals surface area contributed by atoms with Gasteiger partial charge in [0.1, 0.15) is 0 Å². The Hall–Kier alpha value is -2.32. The molecule has 0 atom stereocenters. The van der Waals surface area contributed by atoms with Gasteiger partial charge >= 0.3 is 0 Å². The van der Waals surface area contributed by atoms with Crippen molar-refractivity contribution >= 4 is 41.4 Å². The number of hydrogen-bond donors (Lipinski definition) is 1. The first kappa shape index (κ1) is 24.0. The van der Waals surface area contributed by atoms with E-state index in [1.54, 1.807) is 49.5 Å². The highest BCUT2D eigenvalue weighted by molar-refractivity contribution is 6.31. The van der Waals surface area contributed by atoms with Crippen molar-refractivity contribution in [3.63, 3.8) is 0 Å². The van der Waals surface area contributed by atoms with Gasteiger partial charge in [0.05, 0.1) is 17.8 Å². The quantitative estimate of drug-likeness (QED) is 0.509. The molecular weight excluding hydrogens is 419 g/mol. The summed E-state index contributed by atoms with van der Waals surface area (Å²) in [6.45, 7) is 0.113. The number of carbonyl (C=O) groups excluding carboxylic acids is 2. The standard InChI is InChI=1S/C24H25ClN2O2.ClH/c1-3-24(14-8-5-9-15-24)26-17-22(28)27(2)21-13-12-19(25)16-20(21)23(29)18-10-6-4-7-11-18;/h1,4,6-7,10-13,16,26H,5,8-9,14-15,17H2,2H3;1H. The topological polar surface area (TPSA) is 49.4 Å². The number of nitrogens with one attached hydrogen (secondary N) is 1. The van der Waals surface area contributed by atoms with Crippen molar-refractivity contribution in [3.05, 3.63) is 64.7 Å². The van der Waals surface area contributed by atoms with Crippen molar-refractivity contribution in [2.45, 2.75) is 37.6 Å². The molecule has 0 spiro atoms. The van der Waals surface area contributed by atoms with E-state index >= 15 is 0 Å². The summed E-state index contributed by atoms with van der Waals surface area (Å²) >= 11 is 6.14. The van der Waals surface area contributed by atoms with Crippen molar-refractivity contribution in [3.8, 4) is 12.3 Å². The molecule has 1 amide bonds. The zero-order valence-electron chi connectivity index (χ0n) is 17.0. The molecule has 0 aliphatic heterocycles. The highest BCUT2D eigenvalue weighted by Crippen LogP contribution is 2.28. The van der Waals surface area contributed by atoms with Crippen molar-refractivity contribution in [2.24, 2.45) is 0 Å². The first-order valence-corrected chi connectivity index (χ1v) is 10.2. The van der Waals surface area contributed by atoms with E-state index in [9.17, 15) is 9.59 Å². The van der Waals surface area contributed by atoms with Crippen LogP contribution in [0.15, 0.2) is 48.5 Å². The van der Waals surface area contributed by atoms with Crippen LogP contribution in [0.4, 0.5) is 5.69 Å². The fourth-order valence-corrected chi connectivity index (χ4v) is 3.92. The van der Waals surface area contributed by atoms with Gasteiger partial charge in [-0.15, -0.1) is 18.8 Å². The monoisotopic (exact) mass is 444 g/mol. The number of rotatable bonds is 6. The number of nitrogens with zero attached hydrogens (tertiary/aromatic N) is 1. The van der Waals surface area contributed by atoms with Crippen LogP contribution < -0.4 is 10.2 Å². The maximum atomic E-state index is 13.0. The van der Waals surface area contributed by atoms with E-state index in [0.29, 0.717) is 21.8 Å². The fraction of sp³-hybridized carbons (Fsp3) is 0.333. The minimum Gasteiger partial charge on any atom is -0.314 e. The van der Waals surface area contributed by atoms with E-state index < -0.39 is 5.54 Å². The number of terminal acetylenes is 1. The van der Waals surface area contributed by atoms with Crippen molar-refractivity contribution < 1.29 is 9.59 Å². The molecule has 3 rings (SSSR count). The van der Waals surface area contributed by atoms with Gasteiger partial charge in [-0.1, -0.05) is 67.1 Å². The van der Waals surface area contributed by atoms with Gasteiger partial charge in [-0.05, 0) is 31.0 Å². The SMILES string of the molecule is C#CC1(NCC(=O)N(C)c2ccc(Cl)cc2C(=O)c2ccccc2)CCCCC1.Cl. The minimum absolute atomic E-state index is 0. The lowest BCUT2D eigenvalue weighted by atomic mass is 9.82. The Morgan fingerprint density at radius 3 is 2.43 bits per heavy atom. The van der Waals surface area contributed by atoms with Gasteiger partial charge in [-0.2, -0.15) is 0 Å². The molecule has 0 aromatic heterocycles. The number of amides is 1. The van der Waals surface area contributed by atoms with Gasteiger partial charge in [0.25, 0.3) is 0 Å². The Bertz CT molecular complexity index is 932. The molecule has 30 heavy (non-hydrogen) atoms. The minimum atomic E-state index is -0.419. The molecule has 1 N–H and O–H groups in total. The molecule has 4 nitrogen and oxygen atoms in total. The van der Waals surface area contributed by atoms with Crippen LogP contribution in [0.1, 0.15) is 48.0 Å². The fourth-order valence-electron chi connectivity index (χ4n) is 3.75. The van der Waals surface area contributed by atoms with Crippen LogP contribution in [0.25, 0.3) is 0 Å². The molecule has 0 radical (unpaired) electrons. The smallest absolute Gasteiger partial charge is 0.240 e.